The standard InChI is InChI=1S/C22H30N6O/c1-6-23-22(24-12-11-20-17(4)27-29-18(20)5)25-14-19-9-7-8-10-21(19)28-16(3)13-15(2)26-28/h7-10,13H,6,11-12,14H2,1-5H3,(H2,23,24,25). The third-order valence-corrected chi connectivity index (χ3v) is 4.83. The Morgan fingerprint density at radius 3 is 2.59 bits per heavy atom. The van der Waals surface area contributed by atoms with Crippen molar-refractivity contribution in [3.8, 4) is 5.69 Å². The van der Waals surface area contributed by atoms with Crippen LogP contribution in [0.1, 0.15) is 40.9 Å². The molecule has 0 radical (unpaired) electrons. The molecule has 0 aliphatic rings. The molecule has 2 aromatic heterocycles. The van der Waals surface area contributed by atoms with Crippen molar-refractivity contribution >= 4 is 5.96 Å². The number of guanidine groups is 1. The van der Waals surface area contributed by atoms with E-state index in [1.165, 1.54) is 0 Å². The van der Waals surface area contributed by atoms with E-state index in [9.17, 15) is 0 Å². The SMILES string of the molecule is CCNC(=NCc1ccccc1-n1nc(C)cc1C)NCCc1c(C)noc1C. The summed E-state index contributed by atoms with van der Waals surface area (Å²) in [4.78, 5) is 4.78. The second kappa shape index (κ2) is 9.41. The second-order valence-corrected chi connectivity index (χ2v) is 7.14. The van der Waals surface area contributed by atoms with Gasteiger partial charge in [0.2, 0.25) is 0 Å². The Hall–Kier alpha value is -3.09. The minimum atomic E-state index is 0.565. The van der Waals surface area contributed by atoms with Gasteiger partial charge in [-0.3, -0.25) is 0 Å². The minimum absolute atomic E-state index is 0.565. The zero-order valence-corrected chi connectivity index (χ0v) is 17.9. The molecule has 0 bridgehead atoms. The number of hydrogen-bond donors (Lipinski definition) is 2. The summed E-state index contributed by atoms with van der Waals surface area (Å²) >= 11 is 0. The van der Waals surface area contributed by atoms with Crippen LogP contribution >= 0.6 is 0 Å². The monoisotopic (exact) mass is 394 g/mol. The topological polar surface area (TPSA) is 80.3 Å². The lowest BCUT2D eigenvalue weighted by Gasteiger charge is -2.13. The summed E-state index contributed by atoms with van der Waals surface area (Å²) in [6.45, 7) is 12.2. The van der Waals surface area contributed by atoms with E-state index in [1.54, 1.807) is 0 Å². The molecule has 0 aliphatic heterocycles. The molecule has 7 heteroatoms. The van der Waals surface area contributed by atoms with Crippen LogP contribution in [0.5, 0.6) is 0 Å². The molecule has 0 saturated heterocycles. The Bertz CT molecular complexity index is 966. The maximum Gasteiger partial charge on any atom is 0.191 e. The molecule has 29 heavy (non-hydrogen) atoms. The fraction of sp³-hybridized carbons (Fsp3) is 0.409. The van der Waals surface area contributed by atoms with Crippen molar-refractivity contribution in [2.45, 2.75) is 47.6 Å². The molecular formula is C22H30N6O. The third-order valence-electron chi connectivity index (χ3n) is 4.83. The summed E-state index contributed by atoms with van der Waals surface area (Å²) in [6.07, 6.45) is 0.841. The first kappa shape index (κ1) is 20.6. The largest absolute Gasteiger partial charge is 0.361 e. The van der Waals surface area contributed by atoms with Crippen LogP contribution in [-0.2, 0) is 13.0 Å². The van der Waals surface area contributed by atoms with E-state index in [-0.39, 0.29) is 0 Å². The highest BCUT2D eigenvalue weighted by Gasteiger charge is 2.10. The number of aryl methyl sites for hydroxylation is 4. The molecule has 154 valence electrons. The smallest absolute Gasteiger partial charge is 0.191 e. The van der Waals surface area contributed by atoms with Crippen LogP contribution in [0.4, 0.5) is 0 Å². The van der Waals surface area contributed by atoms with Crippen LogP contribution in [0.2, 0.25) is 0 Å². The average Bonchev–Trinajstić information content (AvgIpc) is 3.21. The first-order valence-corrected chi connectivity index (χ1v) is 10.0. The van der Waals surface area contributed by atoms with Gasteiger partial charge in [0.1, 0.15) is 5.76 Å². The first-order valence-electron chi connectivity index (χ1n) is 10.0. The highest BCUT2D eigenvalue weighted by molar-refractivity contribution is 5.79. The van der Waals surface area contributed by atoms with Crippen molar-refractivity contribution in [1.29, 1.82) is 0 Å². The maximum absolute atomic E-state index is 5.24. The van der Waals surface area contributed by atoms with Crippen LogP contribution in [0.25, 0.3) is 5.69 Å². The second-order valence-electron chi connectivity index (χ2n) is 7.14. The summed E-state index contributed by atoms with van der Waals surface area (Å²) in [6, 6.07) is 10.3. The van der Waals surface area contributed by atoms with Crippen molar-refractivity contribution in [2.75, 3.05) is 13.1 Å². The first-order chi connectivity index (χ1) is 14.0. The summed E-state index contributed by atoms with van der Waals surface area (Å²) in [5.74, 6) is 1.67. The Morgan fingerprint density at radius 1 is 1.14 bits per heavy atom. The van der Waals surface area contributed by atoms with E-state index in [0.29, 0.717) is 6.54 Å². The van der Waals surface area contributed by atoms with Gasteiger partial charge in [0.15, 0.2) is 5.96 Å². The van der Waals surface area contributed by atoms with Crippen molar-refractivity contribution in [1.82, 2.24) is 25.6 Å². The van der Waals surface area contributed by atoms with Crippen LogP contribution in [0, 0.1) is 27.7 Å². The van der Waals surface area contributed by atoms with Crippen molar-refractivity contribution in [3.63, 3.8) is 0 Å². The summed E-state index contributed by atoms with van der Waals surface area (Å²) in [5.41, 5.74) is 6.42. The van der Waals surface area contributed by atoms with Crippen molar-refractivity contribution in [3.05, 3.63) is 64.3 Å². The summed E-state index contributed by atoms with van der Waals surface area (Å²) < 4.78 is 7.22. The average molecular weight is 395 g/mol. The van der Waals surface area contributed by atoms with Gasteiger partial charge in [-0.1, -0.05) is 23.4 Å². The predicted octanol–water partition coefficient (Wildman–Crippen LogP) is 3.39. The lowest BCUT2D eigenvalue weighted by Crippen LogP contribution is -2.38. The number of hydrogen-bond acceptors (Lipinski definition) is 4. The fourth-order valence-electron chi connectivity index (χ4n) is 3.39. The highest BCUT2D eigenvalue weighted by atomic mass is 16.5. The number of aromatic nitrogens is 3. The van der Waals surface area contributed by atoms with Gasteiger partial charge in [-0.25, -0.2) is 9.67 Å². The van der Waals surface area contributed by atoms with Gasteiger partial charge >= 0.3 is 0 Å². The number of para-hydroxylation sites is 1. The summed E-state index contributed by atoms with van der Waals surface area (Å²) in [5, 5.41) is 15.4. The lowest BCUT2D eigenvalue weighted by molar-refractivity contribution is 0.392. The quantitative estimate of drug-likeness (QED) is 0.474. The molecule has 7 nitrogen and oxygen atoms in total. The number of aliphatic imine (C=N–C) groups is 1. The molecule has 0 aliphatic carbocycles. The van der Waals surface area contributed by atoms with Gasteiger partial charge in [0.25, 0.3) is 0 Å². The fourth-order valence-corrected chi connectivity index (χ4v) is 3.39. The van der Waals surface area contributed by atoms with Gasteiger partial charge in [0, 0.05) is 24.3 Å². The zero-order valence-electron chi connectivity index (χ0n) is 17.9. The Balaban J connectivity index is 1.71. The van der Waals surface area contributed by atoms with Gasteiger partial charge in [-0.2, -0.15) is 5.10 Å². The molecule has 2 N–H and O–H groups in total. The minimum Gasteiger partial charge on any atom is -0.361 e. The van der Waals surface area contributed by atoms with Crippen molar-refractivity contribution in [2.24, 2.45) is 4.99 Å². The Kier molecular flexibility index (Phi) is 6.69. The van der Waals surface area contributed by atoms with Gasteiger partial charge in [-0.05, 0) is 58.7 Å². The molecular weight excluding hydrogens is 364 g/mol. The Morgan fingerprint density at radius 2 is 1.93 bits per heavy atom. The molecule has 1 aromatic carbocycles. The molecule has 2 heterocycles. The van der Waals surface area contributed by atoms with E-state index in [0.717, 1.165) is 65.1 Å². The van der Waals surface area contributed by atoms with E-state index in [1.807, 2.05) is 37.6 Å². The zero-order chi connectivity index (χ0) is 20.8. The summed E-state index contributed by atoms with van der Waals surface area (Å²) in [7, 11) is 0. The van der Waals surface area contributed by atoms with Gasteiger partial charge < -0.3 is 15.2 Å². The van der Waals surface area contributed by atoms with Gasteiger partial charge in [-0.15, -0.1) is 0 Å². The molecule has 0 unspecified atom stereocenters. The molecule has 0 fully saturated rings. The number of benzene rings is 1. The highest BCUT2D eigenvalue weighted by Crippen LogP contribution is 2.18. The van der Waals surface area contributed by atoms with E-state index >= 15 is 0 Å². The van der Waals surface area contributed by atoms with E-state index in [2.05, 4.69) is 52.9 Å². The molecule has 0 saturated carbocycles. The molecule has 3 aromatic rings. The molecule has 0 atom stereocenters. The molecule has 0 amide bonds. The third kappa shape index (κ3) is 5.04. The van der Waals surface area contributed by atoms with Gasteiger partial charge in [0.05, 0.1) is 23.6 Å². The lowest BCUT2D eigenvalue weighted by atomic mass is 10.1. The van der Waals surface area contributed by atoms with Crippen LogP contribution in [0.3, 0.4) is 0 Å². The van der Waals surface area contributed by atoms with Crippen LogP contribution in [-0.4, -0.2) is 34.0 Å². The number of rotatable bonds is 7. The number of nitrogens with zero attached hydrogens (tertiary/aromatic N) is 4. The van der Waals surface area contributed by atoms with E-state index in [4.69, 9.17) is 9.52 Å². The Labute approximate surface area is 172 Å². The maximum atomic E-state index is 5.24. The predicted molar refractivity (Wildman–Crippen MR) is 116 cm³/mol. The normalized spacial score (nSPS) is 11.7. The molecule has 0 spiro atoms. The van der Waals surface area contributed by atoms with E-state index < -0.39 is 0 Å². The van der Waals surface area contributed by atoms with Crippen LogP contribution in [0.15, 0.2) is 39.8 Å². The van der Waals surface area contributed by atoms with Crippen LogP contribution < -0.4 is 10.6 Å². The van der Waals surface area contributed by atoms with Crippen molar-refractivity contribution < 1.29 is 4.52 Å². The molecule has 3 rings (SSSR count). The number of nitrogens with one attached hydrogen (secondary N) is 2.